The predicted molar refractivity (Wildman–Crippen MR) is 110 cm³/mol. The normalized spacial score (nSPS) is 12.1. The van der Waals surface area contributed by atoms with Crippen molar-refractivity contribution in [3.8, 4) is 10.4 Å². The number of thiophene rings is 1. The van der Waals surface area contributed by atoms with Gasteiger partial charge in [0, 0.05) is 31.8 Å². The topological polar surface area (TPSA) is 55.4 Å². The number of amides is 1. The molecule has 0 unspecified atom stereocenters. The zero-order valence-corrected chi connectivity index (χ0v) is 16.6. The van der Waals surface area contributed by atoms with E-state index in [-0.39, 0.29) is 5.91 Å². The number of halogens is 1. The Kier molecular flexibility index (Phi) is 4.95. The lowest BCUT2D eigenvalue weighted by Crippen LogP contribution is -2.10. The van der Waals surface area contributed by atoms with Crippen molar-refractivity contribution in [1.82, 2.24) is 0 Å². The van der Waals surface area contributed by atoms with Crippen molar-refractivity contribution >= 4 is 52.3 Å². The molecule has 2 heterocycles. The van der Waals surface area contributed by atoms with Gasteiger partial charge in [-0.2, -0.15) is 0 Å². The molecule has 136 valence electrons. The molecule has 3 aromatic rings. The Hall–Kier alpha value is -2.28. The fraction of sp³-hybridized carbons (Fsp3) is 0.100. The average Bonchev–Trinajstić information content (AvgIpc) is 3.12. The molecule has 0 saturated heterocycles. The van der Waals surface area contributed by atoms with Gasteiger partial charge in [-0.15, -0.1) is 23.1 Å². The van der Waals surface area contributed by atoms with E-state index in [1.54, 1.807) is 36.0 Å². The number of esters is 1. The highest BCUT2D eigenvalue weighted by Crippen LogP contribution is 2.46. The first-order valence-corrected chi connectivity index (χ1v) is 10.3. The quantitative estimate of drug-likeness (QED) is 0.556. The summed E-state index contributed by atoms with van der Waals surface area (Å²) < 4.78 is 4.67. The van der Waals surface area contributed by atoms with Gasteiger partial charge < -0.3 is 10.1 Å². The van der Waals surface area contributed by atoms with Crippen molar-refractivity contribution in [3.05, 3.63) is 69.6 Å². The highest BCUT2D eigenvalue weighted by molar-refractivity contribution is 7.98. The zero-order valence-electron chi connectivity index (χ0n) is 14.2. The van der Waals surface area contributed by atoms with Gasteiger partial charge in [-0.1, -0.05) is 17.7 Å². The molecule has 1 aliphatic heterocycles. The molecule has 0 radical (unpaired) electrons. The molecule has 4 rings (SSSR count). The number of benzene rings is 2. The molecule has 7 heteroatoms. The summed E-state index contributed by atoms with van der Waals surface area (Å²) in [5.74, 6) is 0.246. The van der Waals surface area contributed by atoms with Crippen LogP contribution in [-0.2, 0) is 10.5 Å². The fourth-order valence-electron chi connectivity index (χ4n) is 2.83. The van der Waals surface area contributed by atoms with Gasteiger partial charge >= 0.3 is 5.97 Å². The van der Waals surface area contributed by atoms with Crippen LogP contribution < -0.4 is 5.32 Å². The van der Waals surface area contributed by atoms with Crippen LogP contribution in [0.2, 0.25) is 5.02 Å². The molecular weight excluding hydrogens is 402 g/mol. The third-order valence-electron chi connectivity index (χ3n) is 4.17. The summed E-state index contributed by atoms with van der Waals surface area (Å²) in [6, 6.07) is 14.4. The average molecular weight is 416 g/mol. The van der Waals surface area contributed by atoms with Crippen molar-refractivity contribution in [2.45, 2.75) is 10.6 Å². The van der Waals surface area contributed by atoms with Gasteiger partial charge in [0.15, 0.2) is 0 Å². The van der Waals surface area contributed by atoms with Crippen molar-refractivity contribution in [3.63, 3.8) is 0 Å². The van der Waals surface area contributed by atoms with Crippen molar-refractivity contribution in [2.24, 2.45) is 0 Å². The minimum Gasteiger partial charge on any atom is -0.465 e. The summed E-state index contributed by atoms with van der Waals surface area (Å²) in [5, 5.41) is 3.59. The van der Waals surface area contributed by atoms with Crippen LogP contribution in [0.1, 0.15) is 25.6 Å². The van der Waals surface area contributed by atoms with E-state index in [2.05, 4.69) is 10.1 Å². The smallest absolute Gasteiger partial charge is 0.337 e. The summed E-state index contributed by atoms with van der Waals surface area (Å²) >= 11 is 9.29. The molecule has 1 amide bonds. The molecule has 2 aromatic carbocycles. The third-order valence-corrected chi connectivity index (χ3v) is 6.72. The van der Waals surface area contributed by atoms with Gasteiger partial charge in [-0.05, 0) is 48.0 Å². The number of carbonyl (C=O) groups is 2. The van der Waals surface area contributed by atoms with E-state index in [4.69, 9.17) is 11.6 Å². The zero-order chi connectivity index (χ0) is 19.0. The van der Waals surface area contributed by atoms with E-state index in [1.807, 2.05) is 24.3 Å². The molecule has 0 atom stereocenters. The molecule has 4 nitrogen and oxygen atoms in total. The third kappa shape index (κ3) is 3.60. The summed E-state index contributed by atoms with van der Waals surface area (Å²) in [7, 11) is 1.33. The minimum atomic E-state index is -0.407. The summed E-state index contributed by atoms with van der Waals surface area (Å²) in [6.07, 6.45) is 0. The summed E-state index contributed by atoms with van der Waals surface area (Å²) in [5.41, 5.74) is 3.35. The molecule has 0 saturated carbocycles. The van der Waals surface area contributed by atoms with Crippen molar-refractivity contribution in [1.29, 1.82) is 0 Å². The Morgan fingerprint density at radius 3 is 2.63 bits per heavy atom. The van der Waals surface area contributed by atoms with Crippen LogP contribution in [0.15, 0.2) is 53.4 Å². The van der Waals surface area contributed by atoms with E-state index in [9.17, 15) is 9.59 Å². The number of thioether (sulfide) groups is 1. The Morgan fingerprint density at radius 1 is 1.11 bits per heavy atom. The molecular formula is C20H14ClNO3S2. The molecule has 1 aliphatic rings. The standard InChI is InChI=1S/C20H14ClNO3S2/c1-25-20(24)11-2-5-14(6-3-11)22-19(23)17-8-12-10-26-16-9-13(21)4-7-15(16)18(12)27-17/h2-9H,10H2,1H3,(H,22,23). The highest BCUT2D eigenvalue weighted by atomic mass is 35.5. The molecule has 0 spiro atoms. The largest absolute Gasteiger partial charge is 0.465 e. The number of methoxy groups -OCH3 is 1. The van der Waals surface area contributed by atoms with Gasteiger partial charge in [-0.25, -0.2) is 4.79 Å². The minimum absolute atomic E-state index is 0.166. The first-order valence-electron chi connectivity index (χ1n) is 8.10. The number of nitrogens with one attached hydrogen (secondary N) is 1. The Balaban J connectivity index is 1.56. The maximum Gasteiger partial charge on any atom is 0.337 e. The van der Waals surface area contributed by atoms with Crippen LogP contribution in [0, 0.1) is 0 Å². The van der Waals surface area contributed by atoms with Crippen LogP contribution in [0.4, 0.5) is 5.69 Å². The van der Waals surface area contributed by atoms with E-state index < -0.39 is 5.97 Å². The molecule has 0 bridgehead atoms. The maximum absolute atomic E-state index is 12.7. The lowest BCUT2D eigenvalue weighted by atomic mass is 10.1. The van der Waals surface area contributed by atoms with E-state index >= 15 is 0 Å². The van der Waals surface area contributed by atoms with Gasteiger partial charge in [0.25, 0.3) is 5.91 Å². The number of rotatable bonds is 3. The second-order valence-electron chi connectivity index (χ2n) is 5.92. The number of fused-ring (bicyclic) bond motifs is 3. The van der Waals surface area contributed by atoms with Crippen LogP contribution >= 0.6 is 34.7 Å². The summed E-state index contributed by atoms with van der Waals surface area (Å²) in [6.45, 7) is 0. The molecule has 0 fully saturated rings. The number of hydrogen-bond donors (Lipinski definition) is 1. The van der Waals surface area contributed by atoms with E-state index in [1.165, 1.54) is 18.4 Å². The van der Waals surface area contributed by atoms with Crippen LogP contribution in [-0.4, -0.2) is 19.0 Å². The first-order chi connectivity index (χ1) is 13.0. The molecule has 1 N–H and O–H groups in total. The van der Waals surface area contributed by atoms with E-state index in [0.717, 1.165) is 31.7 Å². The number of ether oxygens (including phenoxy) is 1. The maximum atomic E-state index is 12.7. The lowest BCUT2D eigenvalue weighted by molar-refractivity contribution is 0.0600. The second kappa shape index (κ2) is 7.38. The second-order valence-corrected chi connectivity index (χ2v) is 8.42. The molecule has 1 aromatic heterocycles. The fourth-order valence-corrected chi connectivity index (χ4v) is 5.42. The van der Waals surface area contributed by atoms with Crippen molar-refractivity contribution < 1.29 is 14.3 Å². The van der Waals surface area contributed by atoms with Crippen LogP contribution in [0.25, 0.3) is 10.4 Å². The van der Waals surface area contributed by atoms with Crippen LogP contribution in [0.5, 0.6) is 0 Å². The SMILES string of the molecule is COC(=O)c1ccc(NC(=O)c2cc3c(s2)-c2ccc(Cl)cc2SC3)cc1. The summed E-state index contributed by atoms with van der Waals surface area (Å²) in [4.78, 5) is 27.0. The van der Waals surface area contributed by atoms with Gasteiger partial charge in [-0.3, -0.25) is 4.79 Å². The van der Waals surface area contributed by atoms with Gasteiger partial charge in [0.1, 0.15) is 0 Å². The molecule has 0 aliphatic carbocycles. The van der Waals surface area contributed by atoms with E-state index in [0.29, 0.717) is 16.1 Å². The van der Waals surface area contributed by atoms with Crippen molar-refractivity contribution in [2.75, 3.05) is 12.4 Å². The molecule has 27 heavy (non-hydrogen) atoms. The Bertz CT molecular complexity index is 1040. The first kappa shape index (κ1) is 18.1. The Labute approximate surface area is 169 Å². The Morgan fingerprint density at radius 2 is 1.89 bits per heavy atom. The lowest BCUT2D eigenvalue weighted by Gasteiger charge is -2.15. The number of anilines is 1. The van der Waals surface area contributed by atoms with Gasteiger partial charge in [0.2, 0.25) is 0 Å². The highest BCUT2D eigenvalue weighted by Gasteiger charge is 2.22. The predicted octanol–water partition coefficient (Wildman–Crippen LogP) is 5.71. The monoisotopic (exact) mass is 415 g/mol. The van der Waals surface area contributed by atoms with Crippen LogP contribution in [0.3, 0.4) is 0 Å². The van der Waals surface area contributed by atoms with Gasteiger partial charge in [0.05, 0.1) is 17.6 Å². The number of carbonyl (C=O) groups excluding carboxylic acids is 2. The number of hydrogen-bond acceptors (Lipinski definition) is 5.